The second kappa shape index (κ2) is 8.89. The number of nitrogens with two attached hydrogens (primary N) is 1. The van der Waals surface area contributed by atoms with Crippen LogP contribution in [0, 0.1) is 0 Å². The minimum Gasteiger partial charge on any atom is -0.481 e. The largest absolute Gasteiger partial charge is 0.481 e. The van der Waals surface area contributed by atoms with Crippen molar-refractivity contribution < 1.29 is 14.7 Å². The monoisotopic (exact) mass is 286 g/mol. The first kappa shape index (κ1) is 16.9. The van der Waals surface area contributed by atoms with Crippen molar-refractivity contribution in [2.75, 3.05) is 33.2 Å². The van der Waals surface area contributed by atoms with Gasteiger partial charge in [0.25, 0.3) is 0 Å². The maximum absolute atomic E-state index is 11.8. The summed E-state index contributed by atoms with van der Waals surface area (Å²) in [6.45, 7) is 3.28. The lowest BCUT2D eigenvalue weighted by molar-refractivity contribution is -0.137. The Morgan fingerprint density at radius 2 is 2.25 bits per heavy atom. The summed E-state index contributed by atoms with van der Waals surface area (Å²) in [7, 11) is 2.04. The van der Waals surface area contributed by atoms with Crippen molar-refractivity contribution in [2.24, 2.45) is 5.73 Å². The van der Waals surface area contributed by atoms with Gasteiger partial charge < -0.3 is 26.4 Å². The summed E-state index contributed by atoms with van der Waals surface area (Å²) in [6, 6.07) is -0.224. The van der Waals surface area contributed by atoms with E-state index in [1.165, 1.54) is 0 Å². The Morgan fingerprint density at radius 1 is 1.50 bits per heavy atom. The first-order valence-electron chi connectivity index (χ1n) is 7.16. The predicted octanol–water partition coefficient (Wildman–Crippen LogP) is -1.02. The van der Waals surface area contributed by atoms with E-state index in [2.05, 4.69) is 15.5 Å². The minimum atomic E-state index is -0.805. The lowest BCUT2D eigenvalue weighted by Gasteiger charge is -2.34. The standard InChI is InChI=1S/C13H26N4O3/c1-17-7-6-15-9-10(17)8-11(14)13(20)16-5-3-2-4-12(18)19/h10-11,15H,2-9,14H2,1H3,(H,16,20)(H,18,19). The summed E-state index contributed by atoms with van der Waals surface area (Å²) in [6.07, 6.45) is 2.00. The van der Waals surface area contributed by atoms with E-state index in [-0.39, 0.29) is 18.4 Å². The molecule has 1 saturated heterocycles. The second-order valence-electron chi connectivity index (χ2n) is 5.32. The van der Waals surface area contributed by atoms with Gasteiger partial charge in [-0.2, -0.15) is 0 Å². The third kappa shape index (κ3) is 6.31. The Kier molecular flexibility index (Phi) is 7.50. The van der Waals surface area contributed by atoms with Gasteiger partial charge in [-0.15, -0.1) is 0 Å². The molecule has 0 radical (unpaired) electrons. The normalized spacial score (nSPS) is 21.4. The van der Waals surface area contributed by atoms with Gasteiger partial charge in [-0.05, 0) is 26.3 Å². The van der Waals surface area contributed by atoms with E-state index in [9.17, 15) is 9.59 Å². The summed E-state index contributed by atoms with van der Waals surface area (Å²) < 4.78 is 0. The van der Waals surface area contributed by atoms with Gasteiger partial charge in [0.1, 0.15) is 0 Å². The van der Waals surface area contributed by atoms with Gasteiger partial charge in [0.15, 0.2) is 0 Å². The van der Waals surface area contributed by atoms with E-state index in [0.717, 1.165) is 19.6 Å². The molecule has 2 atom stereocenters. The van der Waals surface area contributed by atoms with E-state index < -0.39 is 12.0 Å². The fourth-order valence-corrected chi connectivity index (χ4v) is 2.27. The van der Waals surface area contributed by atoms with E-state index in [0.29, 0.717) is 25.8 Å². The van der Waals surface area contributed by atoms with Crippen LogP contribution >= 0.6 is 0 Å². The van der Waals surface area contributed by atoms with Crippen LogP contribution in [0.5, 0.6) is 0 Å². The van der Waals surface area contributed by atoms with Crippen LogP contribution in [0.2, 0.25) is 0 Å². The topological polar surface area (TPSA) is 108 Å². The molecule has 0 aliphatic carbocycles. The molecule has 0 bridgehead atoms. The number of carbonyl (C=O) groups excluding carboxylic acids is 1. The number of carbonyl (C=O) groups is 2. The molecule has 5 N–H and O–H groups in total. The smallest absolute Gasteiger partial charge is 0.303 e. The average molecular weight is 286 g/mol. The van der Waals surface area contributed by atoms with Gasteiger partial charge in [0, 0.05) is 38.6 Å². The summed E-state index contributed by atoms with van der Waals surface area (Å²) in [4.78, 5) is 24.4. The molecule has 1 aliphatic rings. The van der Waals surface area contributed by atoms with Gasteiger partial charge in [-0.1, -0.05) is 0 Å². The third-order valence-electron chi connectivity index (χ3n) is 3.62. The van der Waals surface area contributed by atoms with Crippen LogP contribution in [0.15, 0.2) is 0 Å². The molecule has 7 nitrogen and oxygen atoms in total. The molecule has 1 aliphatic heterocycles. The van der Waals surface area contributed by atoms with Crippen molar-refractivity contribution in [3.8, 4) is 0 Å². The lowest BCUT2D eigenvalue weighted by atomic mass is 10.0. The fraction of sp³-hybridized carbons (Fsp3) is 0.846. The van der Waals surface area contributed by atoms with Crippen molar-refractivity contribution >= 4 is 11.9 Å². The molecular formula is C13H26N4O3. The number of hydrogen-bond acceptors (Lipinski definition) is 5. The first-order valence-corrected chi connectivity index (χ1v) is 7.16. The molecule has 1 amide bonds. The highest BCUT2D eigenvalue weighted by atomic mass is 16.4. The fourth-order valence-electron chi connectivity index (χ4n) is 2.27. The molecule has 2 unspecified atom stereocenters. The van der Waals surface area contributed by atoms with Gasteiger partial charge in [-0.25, -0.2) is 0 Å². The number of nitrogens with zero attached hydrogens (tertiary/aromatic N) is 1. The number of amides is 1. The quantitative estimate of drug-likeness (QED) is 0.425. The van der Waals surface area contributed by atoms with Gasteiger partial charge in [-0.3, -0.25) is 9.59 Å². The van der Waals surface area contributed by atoms with E-state index in [1.54, 1.807) is 0 Å². The average Bonchev–Trinajstić information content (AvgIpc) is 2.40. The predicted molar refractivity (Wildman–Crippen MR) is 76.4 cm³/mol. The highest BCUT2D eigenvalue weighted by Gasteiger charge is 2.24. The third-order valence-corrected chi connectivity index (χ3v) is 3.62. The Bertz CT molecular complexity index is 325. The van der Waals surface area contributed by atoms with Crippen LogP contribution < -0.4 is 16.4 Å². The first-order chi connectivity index (χ1) is 9.50. The van der Waals surface area contributed by atoms with E-state index in [1.807, 2.05) is 7.05 Å². The molecule has 1 heterocycles. The number of carboxylic acid groups (broad SMARTS) is 1. The van der Waals surface area contributed by atoms with Crippen LogP contribution in [-0.2, 0) is 9.59 Å². The number of nitrogens with one attached hydrogen (secondary N) is 2. The molecule has 1 fully saturated rings. The number of hydrogen-bond donors (Lipinski definition) is 4. The summed E-state index contributed by atoms with van der Waals surface area (Å²) in [5, 5.41) is 14.6. The zero-order valence-corrected chi connectivity index (χ0v) is 12.1. The highest BCUT2D eigenvalue weighted by molar-refractivity contribution is 5.81. The molecule has 0 aromatic rings. The van der Waals surface area contributed by atoms with Crippen LogP contribution in [0.3, 0.4) is 0 Å². The SMILES string of the molecule is CN1CCNCC1CC(N)C(=O)NCCCCC(=O)O. The molecule has 0 saturated carbocycles. The zero-order valence-electron chi connectivity index (χ0n) is 12.1. The number of aliphatic carboxylic acids is 1. The number of unbranched alkanes of at least 4 members (excludes halogenated alkanes) is 1. The number of likely N-dealkylation sites (N-methyl/N-ethyl adjacent to an activating group) is 1. The van der Waals surface area contributed by atoms with Gasteiger partial charge in [0.05, 0.1) is 6.04 Å². The summed E-state index contributed by atoms with van der Waals surface area (Å²) >= 11 is 0. The van der Waals surface area contributed by atoms with Crippen LogP contribution in [0.4, 0.5) is 0 Å². The van der Waals surface area contributed by atoms with Crippen molar-refractivity contribution in [3.63, 3.8) is 0 Å². The maximum Gasteiger partial charge on any atom is 0.303 e. The van der Waals surface area contributed by atoms with Crippen LogP contribution in [0.1, 0.15) is 25.7 Å². The van der Waals surface area contributed by atoms with E-state index in [4.69, 9.17) is 10.8 Å². The Labute approximate surface area is 119 Å². The second-order valence-corrected chi connectivity index (χ2v) is 5.32. The molecule has 1 rings (SSSR count). The summed E-state index contributed by atoms with van der Waals surface area (Å²) in [5.41, 5.74) is 5.91. The van der Waals surface area contributed by atoms with Crippen molar-refractivity contribution in [3.05, 3.63) is 0 Å². The maximum atomic E-state index is 11.8. The Hall–Kier alpha value is -1.18. The zero-order chi connectivity index (χ0) is 15.0. The molecule has 0 aromatic carbocycles. The van der Waals surface area contributed by atoms with Crippen LogP contribution in [-0.4, -0.2) is 67.2 Å². The Morgan fingerprint density at radius 3 is 2.90 bits per heavy atom. The molecule has 0 aromatic heterocycles. The highest BCUT2D eigenvalue weighted by Crippen LogP contribution is 2.06. The molecule has 0 spiro atoms. The van der Waals surface area contributed by atoms with E-state index >= 15 is 0 Å². The van der Waals surface area contributed by atoms with Crippen LogP contribution in [0.25, 0.3) is 0 Å². The molecule has 7 heteroatoms. The van der Waals surface area contributed by atoms with Crippen molar-refractivity contribution in [1.82, 2.24) is 15.5 Å². The van der Waals surface area contributed by atoms with Crippen molar-refractivity contribution in [2.45, 2.75) is 37.8 Å². The lowest BCUT2D eigenvalue weighted by Crippen LogP contribution is -2.53. The Balaban J connectivity index is 2.16. The van der Waals surface area contributed by atoms with Crippen molar-refractivity contribution in [1.29, 1.82) is 0 Å². The number of carboxylic acids is 1. The van der Waals surface area contributed by atoms with Gasteiger partial charge >= 0.3 is 5.97 Å². The van der Waals surface area contributed by atoms with Gasteiger partial charge in [0.2, 0.25) is 5.91 Å². The summed E-state index contributed by atoms with van der Waals surface area (Å²) in [5.74, 6) is -0.958. The molecule has 116 valence electrons. The molecular weight excluding hydrogens is 260 g/mol. The minimum absolute atomic E-state index is 0.139. The molecule has 20 heavy (non-hydrogen) atoms. The number of rotatable bonds is 8. The number of piperazine rings is 1.